The average molecular weight is 735 g/mol. The maximum Gasteiger partial charge on any atom is 0.0341 e. The predicted molar refractivity (Wildman–Crippen MR) is 226 cm³/mol. The van der Waals surface area contributed by atoms with Crippen LogP contribution >= 0.6 is 47.0 Å². The molecular weight excluding hydrogens is 705 g/mol. The van der Waals surface area contributed by atoms with Gasteiger partial charge in [0.15, 0.2) is 0 Å². The SMILES string of the molecule is c1ccc2c(c1)Sc1ccc(-c3cccc4ccccc34)cc1S2.c1ccc2c(c1)Sc1cccc(-c3cc4ccccc4c4ccccc34)c1S2. The fourth-order valence-electron chi connectivity index (χ4n) is 7.21. The van der Waals surface area contributed by atoms with E-state index >= 15 is 0 Å². The number of rotatable bonds is 2. The highest BCUT2D eigenvalue weighted by atomic mass is 32.2. The Kier molecular flexibility index (Phi) is 8.34. The molecule has 0 amide bonds. The van der Waals surface area contributed by atoms with E-state index in [9.17, 15) is 0 Å². The summed E-state index contributed by atoms with van der Waals surface area (Å²) in [6.07, 6.45) is 0. The molecule has 0 aliphatic carbocycles. The molecule has 2 heterocycles. The third kappa shape index (κ3) is 5.81. The second-order valence-corrected chi connectivity index (χ2v) is 17.1. The molecule has 0 saturated carbocycles. The van der Waals surface area contributed by atoms with Crippen molar-refractivity contribution in [1.82, 2.24) is 0 Å². The fourth-order valence-corrected chi connectivity index (χ4v) is 11.9. The molecule has 0 spiro atoms. The van der Waals surface area contributed by atoms with Gasteiger partial charge in [0, 0.05) is 39.2 Å². The van der Waals surface area contributed by atoms with Crippen molar-refractivity contribution >= 4 is 79.4 Å². The van der Waals surface area contributed by atoms with Crippen LogP contribution in [0.1, 0.15) is 0 Å². The lowest BCUT2D eigenvalue weighted by atomic mass is 9.93. The highest BCUT2D eigenvalue weighted by Crippen LogP contribution is 2.53. The van der Waals surface area contributed by atoms with Gasteiger partial charge < -0.3 is 0 Å². The molecule has 0 fully saturated rings. The van der Waals surface area contributed by atoms with Gasteiger partial charge in [0.1, 0.15) is 0 Å². The molecule has 0 bridgehead atoms. The van der Waals surface area contributed by atoms with E-state index < -0.39 is 0 Å². The summed E-state index contributed by atoms with van der Waals surface area (Å²) in [6.45, 7) is 0. The Morgan fingerprint density at radius 1 is 0.250 bits per heavy atom. The Balaban J connectivity index is 0.000000132. The second kappa shape index (κ2) is 13.6. The number of benzene rings is 9. The molecule has 4 heteroatoms. The third-order valence-corrected chi connectivity index (χ3v) is 14.8. The number of fused-ring (bicyclic) bond motifs is 8. The monoisotopic (exact) mass is 734 g/mol. The first-order valence-corrected chi connectivity index (χ1v) is 20.6. The Morgan fingerprint density at radius 2 is 0.750 bits per heavy atom. The van der Waals surface area contributed by atoms with Crippen LogP contribution < -0.4 is 0 Å². The van der Waals surface area contributed by atoms with Gasteiger partial charge in [0.25, 0.3) is 0 Å². The summed E-state index contributed by atoms with van der Waals surface area (Å²) in [4.78, 5) is 10.8. The zero-order valence-corrected chi connectivity index (χ0v) is 31.2. The Labute approximate surface area is 320 Å². The molecule has 0 saturated heterocycles. The van der Waals surface area contributed by atoms with Crippen LogP contribution in [0.25, 0.3) is 54.6 Å². The first kappa shape index (κ1) is 31.9. The van der Waals surface area contributed by atoms with Crippen LogP contribution in [0.5, 0.6) is 0 Å². The molecule has 0 N–H and O–H groups in total. The van der Waals surface area contributed by atoms with Gasteiger partial charge in [-0.15, -0.1) is 0 Å². The molecule has 52 heavy (non-hydrogen) atoms. The largest absolute Gasteiger partial charge is 0.0877 e. The third-order valence-electron chi connectivity index (χ3n) is 9.65. The van der Waals surface area contributed by atoms with Gasteiger partial charge in [-0.05, 0) is 103 Å². The first-order chi connectivity index (χ1) is 25.8. The van der Waals surface area contributed by atoms with E-state index in [1.165, 1.54) is 93.7 Å². The molecule has 11 rings (SSSR count). The highest BCUT2D eigenvalue weighted by Gasteiger charge is 2.22. The normalized spacial score (nSPS) is 12.7. The van der Waals surface area contributed by atoms with Crippen molar-refractivity contribution in [2.24, 2.45) is 0 Å². The van der Waals surface area contributed by atoms with Crippen molar-refractivity contribution in [3.05, 3.63) is 182 Å². The summed E-state index contributed by atoms with van der Waals surface area (Å²) in [5.41, 5.74) is 5.24. The number of hydrogen-bond donors (Lipinski definition) is 0. The first-order valence-electron chi connectivity index (χ1n) is 17.3. The minimum absolute atomic E-state index is 1.29. The average Bonchev–Trinajstić information content (AvgIpc) is 3.21. The second-order valence-electron chi connectivity index (χ2n) is 12.8. The van der Waals surface area contributed by atoms with E-state index in [4.69, 9.17) is 0 Å². The summed E-state index contributed by atoms with van der Waals surface area (Å²) >= 11 is 7.52. The van der Waals surface area contributed by atoms with Gasteiger partial charge >= 0.3 is 0 Å². The molecule has 0 radical (unpaired) electrons. The topological polar surface area (TPSA) is 0 Å². The minimum Gasteiger partial charge on any atom is -0.0877 e. The lowest BCUT2D eigenvalue weighted by Gasteiger charge is -2.22. The maximum absolute atomic E-state index is 2.36. The minimum atomic E-state index is 1.29. The summed E-state index contributed by atoms with van der Waals surface area (Å²) in [6, 6.07) is 65.9. The van der Waals surface area contributed by atoms with Gasteiger partial charge in [-0.3, -0.25) is 0 Å². The van der Waals surface area contributed by atoms with Crippen molar-refractivity contribution in [3.8, 4) is 22.3 Å². The summed E-state index contributed by atoms with van der Waals surface area (Å²) in [5, 5.41) is 7.86. The van der Waals surface area contributed by atoms with Crippen LogP contribution in [0.4, 0.5) is 0 Å². The molecule has 0 nitrogen and oxygen atoms in total. The van der Waals surface area contributed by atoms with Crippen molar-refractivity contribution in [1.29, 1.82) is 0 Å². The summed E-state index contributed by atoms with van der Waals surface area (Å²) < 4.78 is 0. The Bertz CT molecular complexity index is 2810. The van der Waals surface area contributed by atoms with Crippen LogP contribution in [0, 0.1) is 0 Å². The van der Waals surface area contributed by atoms with Gasteiger partial charge in [-0.25, -0.2) is 0 Å². The molecule has 9 aromatic carbocycles. The highest BCUT2D eigenvalue weighted by molar-refractivity contribution is 8.05. The summed E-state index contributed by atoms with van der Waals surface area (Å²) in [5.74, 6) is 0. The maximum atomic E-state index is 2.36. The van der Waals surface area contributed by atoms with Crippen molar-refractivity contribution in [3.63, 3.8) is 0 Å². The van der Waals surface area contributed by atoms with Gasteiger partial charge in [0.2, 0.25) is 0 Å². The predicted octanol–water partition coefficient (Wildman–Crippen LogP) is 15.4. The molecule has 0 atom stereocenters. The van der Waals surface area contributed by atoms with Crippen LogP contribution in [0.15, 0.2) is 221 Å². The van der Waals surface area contributed by atoms with E-state index in [0.717, 1.165) is 0 Å². The van der Waals surface area contributed by atoms with Crippen LogP contribution in [0.2, 0.25) is 0 Å². The zero-order chi connectivity index (χ0) is 34.4. The molecule has 9 aromatic rings. The molecular formula is C48H30S4. The quantitative estimate of drug-likeness (QED) is 0.162. The van der Waals surface area contributed by atoms with E-state index in [0.29, 0.717) is 0 Å². The van der Waals surface area contributed by atoms with Gasteiger partial charge in [-0.2, -0.15) is 0 Å². The molecule has 0 unspecified atom stereocenters. The molecule has 2 aliphatic heterocycles. The Morgan fingerprint density at radius 3 is 1.52 bits per heavy atom. The van der Waals surface area contributed by atoms with Crippen LogP contribution in [-0.2, 0) is 0 Å². The van der Waals surface area contributed by atoms with E-state index in [2.05, 4.69) is 182 Å². The standard InChI is InChI=1S/C26H16S2.C22H14S2/c1-2-9-18-17(8-1)16-22(20-11-4-3-10-19(18)20)21-12-7-15-25-26(21)28-24-14-6-5-13-23(24)27-25;1-2-8-17-15(6-1)7-5-9-18(17)16-12-13-21-22(14-16)24-20-11-4-3-10-19(20)23-21/h1-16H;1-14H. The summed E-state index contributed by atoms with van der Waals surface area (Å²) in [7, 11) is 0. The van der Waals surface area contributed by atoms with E-state index in [1.807, 2.05) is 47.0 Å². The molecule has 0 aromatic heterocycles. The van der Waals surface area contributed by atoms with Gasteiger partial charge in [-0.1, -0.05) is 181 Å². The van der Waals surface area contributed by atoms with Crippen molar-refractivity contribution in [2.45, 2.75) is 39.2 Å². The Hall–Kier alpha value is -4.84. The van der Waals surface area contributed by atoms with E-state index in [-0.39, 0.29) is 0 Å². The smallest absolute Gasteiger partial charge is 0.0341 e. The fraction of sp³-hybridized carbons (Fsp3) is 0. The van der Waals surface area contributed by atoms with Gasteiger partial charge in [0.05, 0.1) is 0 Å². The van der Waals surface area contributed by atoms with Crippen LogP contribution in [0.3, 0.4) is 0 Å². The number of hydrogen-bond acceptors (Lipinski definition) is 4. The molecule has 2 aliphatic rings. The van der Waals surface area contributed by atoms with Crippen molar-refractivity contribution < 1.29 is 0 Å². The molecule has 246 valence electrons. The van der Waals surface area contributed by atoms with Crippen LogP contribution in [-0.4, -0.2) is 0 Å². The lowest BCUT2D eigenvalue weighted by molar-refractivity contribution is 1.16. The van der Waals surface area contributed by atoms with Crippen molar-refractivity contribution in [2.75, 3.05) is 0 Å². The lowest BCUT2D eigenvalue weighted by Crippen LogP contribution is -1.93. The zero-order valence-electron chi connectivity index (χ0n) is 28.0. The van der Waals surface area contributed by atoms with E-state index in [1.54, 1.807) is 0 Å².